The fourth-order valence-electron chi connectivity index (χ4n) is 2.18. The lowest BCUT2D eigenvalue weighted by Gasteiger charge is -2.20. The number of nitrogens with zero attached hydrogens (tertiary/aromatic N) is 1. The van der Waals surface area contributed by atoms with E-state index in [4.69, 9.17) is 4.74 Å². The zero-order valence-corrected chi connectivity index (χ0v) is 12.9. The predicted octanol–water partition coefficient (Wildman–Crippen LogP) is 1.37. The van der Waals surface area contributed by atoms with E-state index >= 15 is 0 Å². The quantitative estimate of drug-likeness (QED) is 0.652. The molecule has 1 aromatic carbocycles. The van der Waals surface area contributed by atoms with Gasteiger partial charge in [-0.15, -0.1) is 0 Å². The van der Waals surface area contributed by atoms with E-state index in [0.717, 1.165) is 10.5 Å². The molecule has 2 rings (SSSR count). The molecule has 0 spiro atoms. The zero-order chi connectivity index (χ0) is 16.8. The van der Waals surface area contributed by atoms with Gasteiger partial charge in [-0.3, -0.25) is 9.59 Å². The van der Waals surface area contributed by atoms with Crippen molar-refractivity contribution in [3.05, 3.63) is 47.7 Å². The Kier molecular flexibility index (Phi) is 5.35. The Morgan fingerprint density at radius 2 is 2.09 bits per heavy atom. The largest absolute Gasteiger partial charge is 0.468 e. The number of imide groups is 1. The maximum Gasteiger partial charge on any atom is 0.417 e. The number of nitrogens with one attached hydrogen (secondary N) is 1. The second-order valence-corrected chi connectivity index (χ2v) is 4.96. The first-order valence-corrected chi connectivity index (χ1v) is 7.07. The number of hydrogen-bond donors (Lipinski definition) is 1. The third-order valence-corrected chi connectivity index (χ3v) is 3.41. The molecule has 23 heavy (non-hydrogen) atoms. The van der Waals surface area contributed by atoms with Gasteiger partial charge in [-0.2, -0.15) is 0 Å². The average Bonchev–Trinajstić information content (AvgIpc) is 2.96. The van der Waals surface area contributed by atoms with E-state index in [9.17, 15) is 14.4 Å². The highest BCUT2D eigenvalue weighted by Gasteiger charge is 2.39. The number of esters is 1. The maximum atomic E-state index is 12.5. The van der Waals surface area contributed by atoms with E-state index in [2.05, 4.69) is 10.1 Å². The van der Waals surface area contributed by atoms with Crippen molar-refractivity contribution in [2.24, 2.45) is 0 Å². The summed E-state index contributed by atoms with van der Waals surface area (Å²) in [5, 5.41) is 2.67. The molecule has 1 aliphatic rings. The van der Waals surface area contributed by atoms with E-state index in [-0.39, 0.29) is 18.7 Å². The van der Waals surface area contributed by atoms with Crippen molar-refractivity contribution in [3.63, 3.8) is 0 Å². The van der Waals surface area contributed by atoms with E-state index in [1.165, 1.54) is 13.3 Å². The summed E-state index contributed by atoms with van der Waals surface area (Å²) in [5.74, 6) is -0.928. The standard InChI is InChI=1S/C16H18N2O5/c1-11(8-17-9-14(19)22-2)15(20)18-13(10-23-16(18)21)12-6-4-3-5-7-12/h3-8,13,17H,9-10H2,1-2H3/b11-8-/t13-/m1/s1. The Morgan fingerprint density at radius 3 is 2.74 bits per heavy atom. The molecule has 0 saturated carbocycles. The third-order valence-electron chi connectivity index (χ3n) is 3.41. The van der Waals surface area contributed by atoms with Gasteiger partial charge >= 0.3 is 12.1 Å². The van der Waals surface area contributed by atoms with Crippen LogP contribution in [0.1, 0.15) is 18.5 Å². The number of carbonyl (C=O) groups is 3. The fourth-order valence-corrected chi connectivity index (χ4v) is 2.18. The topological polar surface area (TPSA) is 84.9 Å². The molecule has 7 nitrogen and oxygen atoms in total. The number of rotatable bonds is 5. The van der Waals surface area contributed by atoms with Crippen LogP contribution in [0.4, 0.5) is 4.79 Å². The number of cyclic esters (lactones) is 1. The van der Waals surface area contributed by atoms with Crippen LogP contribution in [0.15, 0.2) is 42.1 Å². The number of carbonyl (C=O) groups excluding carboxylic acids is 3. The Bertz CT molecular complexity index is 627. The van der Waals surface area contributed by atoms with E-state index in [0.29, 0.717) is 0 Å². The Hall–Kier alpha value is -2.83. The minimum absolute atomic E-state index is 0.0618. The average molecular weight is 318 g/mol. The van der Waals surface area contributed by atoms with Gasteiger partial charge in [-0.05, 0) is 12.5 Å². The van der Waals surface area contributed by atoms with Crippen LogP contribution in [0.5, 0.6) is 0 Å². The van der Waals surface area contributed by atoms with Gasteiger partial charge in [0.25, 0.3) is 5.91 Å². The smallest absolute Gasteiger partial charge is 0.417 e. The van der Waals surface area contributed by atoms with Gasteiger partial charge in [0, 0.05) is 11.8 Å². The van der Waals surface area contributed by atoms with Crippen LogP contribution in [-0.4, -0.2) is 43.1 Å². The van der Waals surface area contributed by atoms with Gasteiger partial charge in [0.05, 0.1) is 7.11 Å². The SMILES string of the molecule is COC(=O)CN/C=C(/C)C(=O)N1C(=O)OC[C@@H]1c1ccccc1. The lowest BCUT2D eigenvalue weighted by molar-refractivity contribution is -0.139. The van der Waals surface area contributed by atoms with Gasteiger partial charge in [0.15, 0.2) is 0 Å². The van der Waals surface area contributed by atoms with E-state index in [1.54, 1.807) is 6.92 Å². The van der Waals surface area contributed by atoms with Crippen molar-refractivity contribution >= 4 is 18.0 Å². The number of amides is 2. The normalized spacial score (nSPS) is 17.7. The summed E-state index contributed by atoms with van der Waals surface area (Å²) in [4.78, 5) is 36.5. The Balaban J connectivity index is 2.10. The number of ether oxygens (including phenoxy) is 2. The minimum Gasteiger partial charge on any atom is -0.468 e. The monoisotopic (exact) mass is 318 g/mol. The van der Waals surface area contributed by atoms with E-state index in [1.807, 2.05) is 30.3 Å². The minimum atomic E-state index is -0.676. The summed E-state index contributed by atoms with van der Waals surface area (Å²) in [5.41, 5.74) is 1.11. The summed E-state index contributed by atoms with van der Waals surface area (Å²) in [6.07, 6.45) is 0.706. The van der Waals surface area contributed by atoms with Crippen molar-refractivity contribution < 1.29 is 23.9 Å². The van der Waals surface area contributed by atoms with Crippen LogP contribution in [0.25, 0.3) is 0 Å². The fraction of sp³-hybridized carbons (Fsp3) is 0.312. The summed E-state index contributed by atoms with van der Waals surface area (Å²) >= 11 is 0. The highest BCUT2D eigenvalue weighted by atomic mass is 16.6. The van der Waals surface area contributed by atoms with Crippen LogP contribution < -0.4 is 5.32 Å². The van der Waals surface area contributed by atoms with Gasteiger partial charge < -0.3 is 14.8 Å². The second kappa shape index (κ2) is 7.44. The van der Waals surface area contributed by atoms with Gasteiger partial charge in [0.1, 0.15) is 19.2 Å². The molecule has 1 saturated heterocycles. The molecule has 1 fully saturated rings. The Morgan fingerprint density at radius 1 is 1.39 bits per heavy atom. The molecule has 1 N–H and O–H groups in total. The maximum absolute atomic E-state index is 12.5. The molecule has 122 valence electrons. The molecule has 0 aromatic heterocycles. The molecular weight excluding hydrogens is 300 g/mol. The predicted molar refractivity (Wildman–Crippen MR) is 81.2 cm³/mol. The van der Waals surface area contributed by atoms with Gasteiger partial charge in [-0.25, -0.2) is 9.69 Å². The first kappa shape index (κ1) is 16.5. The lowest BCUT2D eigenvalue weighted by atomic mass is 10.1. The van der Waals surface area contributed by atoms with Crippen molar-refractivity contribution in [3.8, 4) is 0 Å². The zero-order valence-electron chi connectivity index (χ0n) is 12.9. The second-order valence-electron chi connectivity index (χ2n) is 4.96. The van der Waals surface area contributed by atoms with Crippen LogP contribution in [0.3, 0.4) is 0 Å². The highest BCUT2D eigenvalue weighted by molar-refractivity contribution is 6.03. The first-order chi connectivity index (χ1) is 11.0. The van der Waals surface area contributed by atoms with Crippen molar-refractivity contribution in [2.75, 3.05) is 20.3 Å². The van der Waals surface area contributed by atoms with Crippen LogP contribution in [0, 0.1) is 0 Å². The molecule has 1 heterocycles. The van der Waals surface area contributed by atoms with E-state index < -0.39 is 24.0 Å². The Labute approximate surface area is 133 Å². The molecule has 0 aliphatic carbocycles. The molecule has 1 aliphatic heterocycles. The third kappa shape index (κ3) is 3.88. The number of methoxy groups -OCH3 is 1. The molecular formula is C16H18N2O5. The number of benzene rings is 1. The summed E-state index contributed by atoms with van der Waals surface area (Å²) < 4.78 is 9.49. The molecule has 2 amide bonds. The molecule has 1 atom stereocenters. The van der Waals surface area contributed by atoms with Crippen molar-refractivity contribution in [2.45, 2.75) is 13.0 Å². The lowest BCUT2D eigenvalue weighted by Crippen LogP contribution is -2.35. The van der Waals surface area contributed by atoms with Crippen LogP contribution in [-0.2, 0) is 19.1 Å². The summed E-state index contributed by atoms with van der Waals surface area (Å²) in [7, 11) is 1.27. The van der Waals surface area contributed by atoms with Crippen molar-refractivity contribution in [1.29, 1.82) is 0 Å². The first-order valence-electron chi connectivity index (χ1n) is 7.07. The molecule has 7 heteroatoms. The van der Waals surface area contributed by atoms with Gasteiger partial charge in [0.2, 0.25) is 0 Å². The number of hydrogen-bond acceptors (Lipinski definition) is 6. The van der Waals surface area contributed by atoms with Crippen LogP contribution in [0.2, 0.25) is 0 Å². The molecule has 0 radical (unpaired) electrons. The molecule has 0 unspecified atom stereocenters. The summed E-state index contributed by atoms with van der Waals surface area (Å²) in [6.45, 7) is 1.62. The highest BCUT2D eigenvalue weighted by Crippen LogP contribution is 2.28. The molecule has 1 aromatic rings. The van der Waals surface area contributed by atoms with Gasteiger partial charge in [-0.1, -0.05) is 30.3 Å². The van der Waals surface area contributed by atoms with Crippen molar-refractivity contribution in [1.82, 2.24) is 10.2 Å². The van der Waals surface area contributed by atoms with Crippen LogP contribution >= 0.6 is 0 Å². The summed E-state index contributed by atoms with van der Waals surface area (Å²) in [6, 6.07) is 8.74. The molecule has 0 bridgehead atoms.